The van der Waals surface area contributed by atoms with E-state index in [9.17, 15) is 4.79 Å². The molecule has 33 heavy (non-hydrogen) atoms. The molecule has 2 aliphatic heterocycles. The Morgan fingerprint density at radius 2 is 1.91 bits per heavy atom. The fourth-order valence-corrected chi connectivity index (χ4v) is 4.59. The molecule has 1 aromatic rings. The Morgan fingerprint density at radius 3 is 2.55 bits per heavy atom. The number of halogens is 1. The van der Waals surface area contributed by atoms with Gasteiger partial charge < -0.3 is 20.7 Å². The molecule has 2 unspecified atom stereocenters. The molecule has 0 aromatic heterocycles. The summed E-state index contributed by atoms with van der Waals surface area (Å²) in [6, 6.07) is 8.44. The highest BCUT2D eigenvalue weighted by Gasteiger charge is 2.24. The molecular formula is C25H42IN5O2. The first kappa shape index (κ1) is 27.9. The number of guanidine groups is 1. The van der Waals surface area contributed by atoms with E-state index in [4.69, 9.17) is 4.74 Å². The van der Waals surface area contributed by atoms with Crippen LogP contribution in [-0.2, 0) is 16.1 Å². The summed E-state index contributed by atoms with van der Waals surface area (Å²) in [6.07, 6.45) is 6.73. The maximum absolute atomic E-state index is 12.3. The quantitative estimate of drug-likeness (QED) is 0.250. The zero-order valence-electron chi connectivity index (χ0n) is 20.4. The van der Waals surface area contributed by atoms with Crippen molar-refractivity contribution in [2.75, 3.05) is 38.6 Å². The molecule has 1 amide bonds. The summed E-state index contributed by atoms with van der Waals surface area (Å²) < 4.78 is 5.47. The highest BCUT2D eigenvalue weighted by Crippen LogP contribution is 2.18. The third kappa shape index (κ3) is 9.05. The van der Waals surface area contributed by atoms with Gasteiger partial charge in [-0.15, -0.1) is 24.0 Å². The number of nitrogens with zero attached hydrogens (tertiary/aromatic N) is 2. The van der Waals surface area contributed by atoms with Crippen molar-refractivity contribution in [3.63, 3.8) is 0 Å². The number of aliphatic imine (C=N–C) groups is 1. The van der Waals surface area contributed by atoms with Crippen molar-refractivity contribution in [3.8, 4) is 0 Å². The number of hydrogen-bond acceptors (Lipinski definition) is 4. The van der Waals surface area contributed by atoms with E-state index >= 15 is 0 Å². The van der Waals surface area contributed by atoms with Crippen LogP contribution in [0.15, 0.2) is 29.3 Å². The molecular weight excluding hydrogens is 529 g/mol. The summed E-state index contributed by atoms with van der Waals surface area (Å²) in [6.45, 7) is 9.20. The van der Waals surface area contributed by atoms with Crippen molar-refractivity contribution in [1.82, 2.24) is 15.5 Å². The van der Waals surface area contributed by atoms with Crippen LogP contribution in [0.5, 0.6) is 0 Å². The molecule has 0 aliphatic carbocycles. The lowest BCUT2D eigenvalue weighted by molar-refractivity contribution is -0.124. The number of nitrogens with one attached hydrogen (secondary N) is 3. The molecule has 3 N–H and O–H groups in total. The molecule has 8 heteroatoms. The molecule has 0 saturated carbocycles. The maximum Gasteiger partial charge on any atom is 0.253 e. The van der Waals surface area contributed by atoms with Crippen LogP contribution in [0, 0.1) is 5.92 Å². The van der Waals surface area contributed by atoms with Gasteiger partial charge in [0.25, 0.3) is 5.91 Å². The normalized spacial score (nSPS) is 20.6. The molecule has 7 nitrogen and oxygen atoms in total. The lowest BCUT2D eigenvalue weighted by Crippen LogP contribution is -2.49. The van der Waals surface area contributed by atoms with Gasteiger partial charge in [-0.1, -0.05) is 38.8 Å². The maximum atomic E-state index is 12.3. The van der Waals surface area contributed by atoms with Crippen molar-refractivity contribution in [1.29, 1.82) is 0 Å². The third-order valence-electron chi connectivity index (χ3n) is 6.46. The van der Waals surface area contributed by atoms with Gasteiger partial charge in [0.15, 0.2) is 5.96 Å². The Morgan fingerprint density at radius 1 is 1.15 bits per heavy atom. The van der Waals surface area contributed by atoms with E-state index in [0.717, 1.165) is 36.6 Å². The molecule has 2 saturated heterocycles. The molecule has 2 aliphatic rings. The molecule has 2 fully saturated rings. The average Bonchev–Trinajstić information content (AvgIpc) is 3.20. The fourth-order valence-electron chi connectivity index (χ4n) is 4.59. The molecule has 0 bridgehead atoms. The predicted octanol–water partition coefficient (Wildman–Crippen LogP) is 3.99. The first-order chi connectivity index (χ1) is 15.6. The number of anilines is 1. The first-order valence-electron chi connectivity index (χ1n) is 12.3. The Kier molecular flexibility index (Phi) is 12.5. The molecule has 1 aromatic carbocycles. The largest absolute Gasteiger partial charge is 0.368 e. The van der Waals surface area contributed by atoms with E-state index in [1.807, 2.05) is 25.2 Å². The number of carbonyl (C=O) groups excluding carboxylic acids is 1. The summed E-state index contributed by atoms with van der Waals surface area (Å²) in [5.41, 5.74) is 1.89. The summed E-state index contributed by atoms with van der Waals surface area (Å²) in [5.74, 6) is 1.33. The summed E-state index contributed by atoms with van der Waals surface area (Å²) in [4.78, 5) is 19.4. The Bertz CT molecular complexity index is 744. The lowest BCUT2D eigenvalue weighted by atomic mass is 10.0. The van der Waals surface area contributed by atoms with Gasteiger partial charge in [0.1, 0.15) is 6.10 Å². The van der Waals surface area contributed by atoms with Crippen LogP contribution in [0.4, 0.5) is 5.69 Å². The average molecular weight is 572 g/mol. The topological polar surface area (TPSA) is 78.0 Å². The summed E-state index contributed by atoms with van der Waals surface area (Å²) in [5, 5.41) is 9.92. The summed E-state index contributed by atoms with van der Waals surface area (Å²) >= 11 is 0. The van der Waals surface area contributed by atoms with E-state index in [1.165, 1.54) is 38.8 Å². The molecule has 0 spiro atoms. The molecule has 186 valence electrons. The highest BCUT2D eigenvalue weighted by molar-refractivity contribution is 14.0. The van der Waals surface area contributed by atoms with E-state index in [-0.39, 0.29) is 36.0 Å². The van der Waals surface area contributed by atoms with Crippen molar-refractivity contribution in [2.24, 2.45) is 10.9 Å². The zero-order chi connectivity index (χ0) is 22.8. The molecule has 0 radical (unpaired) electrons. The standard InChI is InChI=1S/C25H41N5O2.HI/c1-19(2)22(30-13-6-4-5-7-14-30)18-28-25(26-3)27-17-20-10-8-11-21(16-20)29-24(31)23-12-9-15-32-23;/h8,10-11,16,19,22-23H,4-7,9,12-15,17-18H2,1-3H3,(H,29,31)(H2,26,27,28);1H. The van der Waals surface area contributed by atoms with E-state index in [0.29, 0.717) is 25.1 Å². The Balaban J connectivity index is 0.00000385. The second-order valence-electron chi connectivity index (χ2n) is 9.26. The van der Waals surface area contributed by atoms with Crippen molar-refractivity contribution < 1.29 is 9.53 Å². The van der Waals surface area contributed by atoms with Crippen LogP contribution in [0.2, 0.25) is 0 Å². The molecule has 2 heterocycles. The van der Waals surface area contributed by atoms with Gasteiger partial charge in [0, 0.05) is 38.5 Å². The highest BCUT2D eigenvalue weighted by atomic mass is 127. The smallest absolute Gasteiger partial charge is 0.253 e. The number of amides is 1. The number of carbonyl (C=O) groups is 1. The SMILES string of the molecule is CN=C(NCc1cccc(NC(=O)C2CCCO2)c1)NCC(C(C)C)N1CCCCCC1.I. The van der Waals surface area contributed by atoms with Crippen molar-refractivity contribution >= 4 is 41.5 Å². The number of ether oxygens (including phenoxy) is 1. The second-order valence-corrected chi connectivity index (χ2v) is 9.26. The first-order valence-corrected chi connectivity index (χ1v) is 12.3. The van der Waals surface area contributed by atoms with Gasteiger partial charge in [-0.05, 0) is 62.4 Å². The van der Waals surface area contributed by atoms with Crippen LogP contribution in [0.25, 0.3) is 0 Å². The number of likely N-dealkylation sites (tertiary alicyclic amines) is 1. The molecule has 2 atom stereocenters. The second kappa shape index (κ2) is 14.8. The van der Waals surface area contributed by atoms with Crippen LogP contribution >= 0.6 is 24.0 Å². The molecule has 3 rings (SSSR count). The van der Waals surface area contributed by atoms with Gasteiger partial charge in [-0.2, -0.15) is 0 Å². The Labute approximate surface area is 216 Å². The minimum atomic E-state index is -0.321. The minimum Gasteiger partial charge on any atom is -0.368 e. The summed E-state index contributed by atoms with van der Waals surface area (Å²) in [7, 11) is 1.81. The van der Waals surface area contributed by atoms with E-state index < -0.39 is 0 Å². The number of rotatable bonds is 8. The third-order valence-corrected chi connectivity index (χ3v) is 6.46. The number of benzene rings is 1. The van der Waals surface area contributed by atoms with Crippen LogP contribution in [0.3, 0.4) is 0 Å². The fraction of sp³-hybridized carbons (Fsp3) is 0.680. The minimum absolute atomic E-state index is 0. The monoisotopic (exact) mass is 571 g/mol. The number of hydrogen-bond donors (Lipinski definition) is 3. The van der Waals surface area contributed by atoms with Crippen LogP contribution < -0.4 is 16.0 Å². The van der Waals surface area contributed by atoms with E-state index in [2.05, 4.69) is 45.8 Å². The van der Waals surface area contributed by atoms with Crippen molar-refractivity contribution in [2.45, 2.75) is 71.1 Å². The van der Waals surface area contributed by atoms with E-state index in [1.54, 1.807) is 0 Å². The van der Waals surface area contributed by atoms with Crippen LogP contribution in [0.1, 0.15) is 57.9 Å². The van der Waals surface area contributed by atoms with Gasteiger partial charge in [-0.25, -0.2) is 0 Å². The van der Waals surface area contributed by atoms with Gasteiger partial charge in [0.2, 0.25) is 0 Å². The predicted molar refractivity (Wildman–Crippen MR) is 146 cm³/mol. The van der Waals surface area contributed by atoms with Gasteiger partial charge >= 0.3 is 0 Å². The van der Waals surface area contributed by atoms with Gasteiger partial charge in [0.05, 0.1) is 0 Å². The van der Waals surface area contributed by atoms with Crippen molar-refractivity contribution in [3.05, 3.63) is 29.8 Å². The Hall–Kier alpha value is -1.39. The van der Waals surface area contributed by atoms with Crippen LogP contribution in [-0.4, -0.2) is 62.2 Å². The zero-order valence-corrected chi connectivity index (χ0v) is 22.8. The van der Waals surface area contributed by atoms with Gasteiger partial charge in [-0.3, -0.25) is 14.7 Å². The lowest BCUT2D eigenvalue weighted by Gasteiger charge is -2.34.